The molecule has 130 valence electrons. The van der Waals surface area contributed by atoms with Crippen LogP contribution in [0.3, 0.4) is 0 Å². The van der Waals surface area contributed by atoms with E-state index in [0.29, 0.717) is 12.2 Å². The number of aryl methyl sites for hydroxylation is 1. The Kier molecular flexibility index (Phi) is 5.99. The third-order valence-corrected chi connectivity index (χ3v) is 5.48. The predicted octanol–water partition coefficient (Wildman–Crippen LogP) is 0.696. The van der Waals surface area contributed by atoms with Crippen molar-refractivity contribution in [2.24, 2.45) is 0 Å². The molecule has 2 aromatic rings. The summed E-state index contributed by atoms with van der Waals surface area (Å²) in [5.74, 6) is 0. The Morgan fingerprint density at radius 2 is 1.62 bits per heavy atom. The van der Waals surface area contributed by atoms with Crippen molar-refractivity contribution in [2.75, 3.05) is 31.5 Å². The highest BCUT2D eigenvalue weighted by atomic mass is 32.2. The zero-order valence-corrected chi connectivity index (χ0v) is 15.1. The van der Waals surface area contributed by atoms with E-state index in [0.717, 1.165) is 10.5 Å². The van der Waals surface area contributed by atoms with Crippen molar-refractivity contribution in [1.29, 1.82) is 0 Å². The van der Waals surface area contributed by atoms with Gasteiger partial charge >= 0.3 is 0 Å². The molecule has 2 N–H and O–H groups in total. The van der Waals surface area contributed by atoms with Crippen LogP contribution in [0.2, 0.25) is 0 Å². The van der Waals surface area contributed by atoms with Gasteiger partial charge in [0.25, 0.3) is 10.0 Å². The summed E-state index contributed by atoms with van der Waals surface area (Å²) < 4.78 is 27.4. The topological polar surface area (TPSA) is 62.1 Å². The lowest BCUT2D eigenvalue weighted by atomic mass is 10.2. The maximum absolute atomic E-state index is 13.0. The molecule has 0 bridgehead atoms. The summed E-state index contributed by atoms with van der Waals surface area (Å²) in [5.41, 5.74) is 1.60. The van der Waals surface area contributed by atoms with Gasteiger partial charge in [-0.25, -0.2) is 8.42 Å². The second-order valence-corrected chi connectivity index (χ2v) is 8.11. The fraction of sp³-hybridized carbons (Fsp3) is 0.333. The van der Waals surface area contributed by atoms with Gasteiger partial charge in [-0.1, -0.05) is 35.9 Å². The van der Waals surface area contributed by atoms with Gasteiger partial charge in [-0.15, -0.1) is 0 Å². The van der Waals surface area contributed by atoms with Crippen LogP contribution in [-0.2, 0) is 10.0 Å². The van der Waals surface area contributed by atoms with Crippen LogP contribution in [0.25, 0.3) is 0 Å². The molecule has 6 heteroatoms. The highest BCUT2D eigenvalue weighted by Crippen LogP contribution is 2.24. The normalized spacial score (nSPS) is 13.0. The van der Waals surface area contributed by atoms with E-state index in [1.807, 2.05) is 33.2 Å². The van der Waals surface area contributed by atoms with E-state index in [4.69, 9.17) is 0 Å². The van der Waals surface area contributed by atoms with Crippen molar-refractivity contribution in [2.45, 2.75) is 17.9 Å². The summed E-state index contributed by atoms with van der Waals surface area (Å²) in [7, 11) is 0.110. The van der Waals surface area contributed by atoms with E-state index >= 15 is 0 Å². The van der Waals surface area contributed by atoms with Crippen LogP contribution in [0.4, 0.5) is 5.69 Å². The monoisotopic (exact) mass is 349 g/mol. The number of sulfonamides is 1. The summed E-state index contributed by atoms with van der Waals surface area (Å²) in [6, 6.07) is 15.6. The van der Waals surface area contributed by atoms with Gasteiger partial charge < -0.3 is 10.0 Å². The average Bonchev–Trinajstić information content (AvgIpc) is 2.54. The standard InChI is InChI=1S/C18H24N2O3S/c1-15-9-11-16(12-10-15)20(14-17(21)13-19(2)3)24(22,23)18-7-5-4-6-8-18/h4-12,17,21H,13-14H2,1-3H3/p+1/t17-/m0/s1. The first-order valence-electron chi connectivity index (χ1n) is 7.92. The zero-order chi connectivity index (χ0) is 17.7. The quantitative estimate of drug-likeness (QED) is 0.773. The van der Waals surface area contributed by atoms with Crippen molar-refractivity contribution in [1.82, 2.24) is 0 Å². The number of hydrogen-bond acceptors (Lipinski definition) is 3. The number of anilines is 1. The van der Waals surface area contributed by atoms with Gasteiger partial charge in [0.2, 0.25) is 0 Å². The lowest BCUT2D eigenvalue weighted by Gasteiger charge is -2.27. The highest BCUT2D eigenvalue weighted by molar-refractivity contribution is 7.92. The summed E-state index contributed by atoms with van der Waals surface area (Å²) in [6.07, 6.45) is -0.755. The van der Waals surface area contributed by atoms with Crippen molar-refractivity contribution >= 4 is 15.7 Å². The van der Waals surface area contributed by atoms with E-state index in [9.17, 15) is 13.5 Å². The Morgan fingerprint density at radius 1 is 1.04 bits per heavy atom. The number of nitrogens with zero attached hydrogens (tertiary/aromatic N) is 1. The van der Waals surface area contributed by atoms with E-state index in [1.165, 1.54) is 4.31 Å². The molecule has 5 nitrogen and oxygen atoms in total. The molecule has 0 aliphatic carbocycles. The largest absolute Gasteiger partial charge is 0.385 e. The summed E-state index contributed by atoms with van der Waals surface area (Å²) in [6.45, 7) is 2.43. The van der Waals surface area contributed by atoms with E-state index in [-0.39, 0.29) is 11.4 Å². The molecule has 24 heavy (non-hydrogen) atoms. The first-order valence-corrected chi connectivity index (χ1v) is 9.36. The van der Waals surface area contributed by atoms with Crippen molar-refractivity contribution in [3.8, 4) is 0 Å². The van der Waals surface area contributed by atoms with Crippen molar-refractivity contribution in [3.63, 3.8) is 0 Å². The number of aliphatic hydroxyl groups excluding tert-OH is 1. The number of hydrogen-bond donors (Lipinski definition) is 2. The van der Waals surface area contributed by atoms with Crippen LogP contribution in [0.15, 0.2) is 59.5 Å². The minimum absolute atomic E-state index is 0.0193. The molecule has 2 rings (SSSR count). The minimum atomic E-state index is -3.73. The second-order valence-electron chi connectivity index (χ2n) is 6.25. The van der Waals surface area contributed by atoms with E-state index in [2.05, 4.69) is 0 Å². The van der Waals surface area contributed by atoms with Crippen LogP contribution in [0.1, 0.15) is 5.56 Å². The summed E-state index contributed by atoms with van der Waals surface area (Å²) in [4.78, 5) is 1.28. The maximum atomic E-state index is 13.0. The molecule has 0 aliphatic rings. The molecule has 0 unspecified atom stereocenters. The number of rotatable bonds is 7. The Labute approximate surface area is 144 Å². The Hall–Kier alpha value is -1.89. The molecule has 0 aromatic heterocycles. The van der Waals surface area contributed by atoms with Gasteiger partial charge in [-0.2, -0.15) is 0 Å². The van der Waals surface area contributed by atoms with Crippen LogP contribution >= 0.6 is 0 Å². The number of aliphatic hydroxyl groups is 1. The molecule has 0 heterocycles. The average molecular weight is 349 g/mol. The highest BCUT2D eigenvalue weighted by Gasteiger charge is 2.27. The van der Waals surface area contributed by atoms with Gasteiger partial charge in [0.15, 0.2) is 0 Å². The van der Waals surface area contributed by atoms with Crippen LogP contribution in [0.5, 0.6) is 0 Å². The molecule has 0 fully saturated rings. The molecular formula is C18H25N2O3S+. The van der Waals surface area contributed by atoms with Gasteiger partial charge in [-0.3, -0.25) is 4.31 Å². The summed E-state index contributed by atoms with van der Waals surface area (Å²) >= 11 is 0. The van der Waals surface area contributed by atoms with Crippen molar-refractivity contribution in [3.05, 3.63) is 60.2 Å². The lowest BCUT2D eigenvalue weighted by Crippen LogP contribution is -3.07. The molecule has 0 amide bonds. The third-order valence-electron chi connectivity index (χ3n) is 3.67. The molecule has 0 aliphatic heterocycles. The SMILES string of the molecule is Cc1ccc(N(C[C@@H](O)C[NH+](C)C)S(=O)(=O)c2ccccc2)cc1. The fourth-order valence-corrected chi connectivity index (χ4v) is 4.02. The first kappa shape index (κ1) is 18.4. The molecule has 0 radical (unpaired) electrons. The maximum Gasteiger partial charge on any atom is 0.264 e. The van der Waals surface area contributed by atoms with Gasteiger partial charge in [-0.05, 0) is 31.2 Å². The fourth-order valence-electron chi connectivity index (χ4n) is 2.50. The Balaban J connectivity index is 2.40. The third kappa shape index (κ3) is 4.56. The molecular weight excluding hydrogens is 324 g/mol. The van der Waals surface area contributed by atoms with Crippen LogP contribution in [0, 0.1) is 6.92 Å². The predicted molar refractivity (Wildman–Crippen MR) is 95.8 cm³/mol. The van der Waals surface area contributed by atoms with Crippen molar-refractivity contribution < 1.29 is 18.4 Å². The summed E-state index contributed by atoms with van der Waals surface area (Å²) in [5, 5.41) is 10.3. The lowest BCUT2D eigenvalue weighted by molar-refractivity contribution is -0.861. The Bertz CT molecular complexity index is 744. The minimum Gasteiger partial charge on any atom is -0.385 e. The van der Waals surface area contributed by atoms with E-state index < -0.39 is 16.1 Å². The smallest absolute Gasteiger partial charge is 0.264 e. The number of quaternary nitrogens is 1. The van der Waals surface area contributed by atoms with Gasteiger partial charge in [0, 0.05) is 0 Å². The number of nitrogens with one attached hydrogen (secondary N) is 1. The first-order chi connectivity index (χ1) is 11.3. The second kappa shape index (κ2) is 7.79. The molecule has 2 aromatic carbocycles. The molecule has 1 atom stereocenters. The van der Waals surface area contributed by atoms with Gasteiger partial charge in [0.05, 0.1) is 31.2 Å². The zero-order valence-electron chi connectivity index (χ0n) is 14.3. The van der Waals surface area contributed by atoms with E-state index in [1.54, 1.807) is 42.5 Å². The molecule has 0 saturated heterocycles. The van der Waals surface area contributed by atoms with Crippen LogP contribution in [-0.4, -0.2) is 46.8 Å². The Morgan fingerprint density at radius 3 is 2.17 bits per heavy atom. The molecule has 0 spiro atoms. The number of likely N-dealkylation sites (N-methyl/N-ethyl adjacent to an activating group) is 1. The number of benzene rings is 2. The molecule has 0 saturated carbocycles. The van der Waals surface area contributed by atoms with Gasteiger partial charge in [0.1, 0.15) is 12.6 Å². The van der Waals surface area contributed by atoms with Crippen LogP contribution < -0.4 is 9.21 Å².